The molecule has 0 unspecified atom stereocenters. The Balaban J connectivity index is 1.46. The third kappa shape index (κ3) is 4.14. The fourth-order valence-electron chi connectivity index (χ4n) is 2.68. The Kier molecular flexibility index (Phi) is 5.18. The molecule has 1 atom stereocenters. The average molecular weight is 319 g/mol. The molecular formula is C15H21N5OS. The van der Waals surface area contributed by atoms with Gasteiger partial charge in [0.25, 0.3) is 5.91 Å². The van der Waals surface area contributed by atoms with Crippen LogP contribution in [0.2, 0.25) is 0 Å². The van der Waals surface area contributed by atoms with Crippen LogP contribution in [0.4, 0.5) is 0 Å². The highest BCUT2D eigenvalue weighted by molar-refractivity contribution is 7.09. The molecule has 6 nitrogen and oxygen atoms in total. The number of nitrogens with one attached hydrogen (secondary N) is 2. The van der Waals surface area contributed by atoms with E-state index in [9.17, 15) is 4.79 Å². The molecule has 0 spiro atoms. The SMILES string of the molecule is O=C(NCCc1cccs1)c1cn(C[C@@H]2CCCNC2)nn1. The minimum absolute atomic E-state index is 0.149. The number of carbonyl (C=O) groups is 1. The summed E-state index contributed by atoms with van der Waals surface area (Å²) < 4.78 is 1.78. The summed E-state index contributed by atoms with van der Waals surface area (Å²) in [6.07, 6.45) is 5.00. The summed E-state index contributed by atoms with van der Waals surface area (Å²) in [5.41, 5.74) is 0.398. The topological polar surface area (TPSA) is 71.8 Å². The van der Waals surface area contributed by atoms with Crippen molar-refractivity contribution < 1.29 is 4.79 Å². The normalized spacial score (nSPS) is 18.3. The van der Waals surface area contributed by atoms with Gasteiger partial charge in [-0.1, -0.05) is 11.3 Å². The first-order valence-corrected chi connectivity index (χ1v) is 8.60. The molecule has 3 heterocycles. The maximum Gasteiger partial charge on any atom is 0.273 e. The molecule has 2 aromatic rings. The van der Waals surface area contributed by atoms with E-state index in [1.807, 2.05) is 11.4 Å². The summed E-state index contributed by atoms with van der Waals surface area (Å²) in [7, 11) is 0. The van der Waals surface area contributed by atoms with Gasteiger partial charge in [0, 0.05) is 18.0 Å². The van der Waals surface area contributed by atoms with E-state index in [0.29, 0.717) is 18.2 Å². The molecule has 0 bridgehead atoms. The van der Waals surface area contributed by atoms with Gasteiger partial charge in [-0.05, 0) is 49.7 Å². The van der Waals surface area contributed by atoms with Gasteiger partial charge in [0.2, 0.25) is 0 Å². The number of aromatic nitrogens is 3. The Morgan fingerprint density at radius 2 is 2.50 bits per heavy atom. The highest BCUT2D eigenvalue weighted by atomic mass is 32.1. The Bertz CT molecular complexity index is 589. The van der Waals surface area contributed by atoms with Gasteiger partial charge in [0.15, 0.2) is 5.69 Å². The molecule has 3 rings (SSSR count). The highest BCUT2D eigenvalue weighted by Gasteiger charge is 2.16. The molecule has 2 aromatic heterocycles. The van der Waals surface area contributed by atoms with Crippen molar-refractivity contribution in [3.05, 3.63) is 34.3 Å². The third-order valence-corrected chi connectivity index (χ3v) is 4.79. The number of hydrogen-bond donors (Lipinski definition) is 2. The van der Waals surface area contributed by atoms with Gasteiger partial charge in [-0.15, -0.1) is 16.4 Å². The summed E-state index contributed by atoms with van der Waals surface area (Å²) in [4.78, 5) is 13.3. The van der Waals surface area contributed by atoms with E-state index in [1.165, 1.54) is 17.7 Å². The van der Waals surface area contributed by atoms with Gasteiger partial charge in [0.05, 0.1) is 6.20 Å². The van der Waals surface area contributed by atoms with Crippen molar-refractivity contribution in [2.24, 2.45) is 5.92 Å². The first-order valence-electron chi connectivity index (χ1n) is 7.72. The average Bonchev–Trinajstić information content (AvgIpc) is 3.20. The zero-order valence-corrected chi connectivity index (χ0v) is 13.3. The van der Waals surface area contributed by atoms with Crippen molar-refractivity contribution in [2.75, 3.05) is 19.6 Å². The lowest BCUT2D eigenvalue weighted by atomic mass is 10.00. The van der Waals surface area contributed by atoms with E-state index in [4.69, 9.17) is 0 Å². The lowest BCUT2D eigenvalue weighted by molar-refractivity contribution is 0.0949. The monoisotopic (exact) mass is 319 g/mol. The Hall–Kier alpha value is -1.73. The molecule has 0 aliphatic carbocycles. The second kappa shape index (κ2) is 7.51. The van der Waals surface area contributed by atoms with Crippen LogP contribution in [-0.2, 0) is 13.0 Å². The van der Waals surface area contributed by atoms with E-state index >= 15 is 0 Å². The Labute approximate surface area is 133 Å². The van der Waals surface area contributed by atoms with Crippen molar-refractivity contribution in [2.45, 2.75) is 25.8 Å². The summed E-state index contributed by atoms with van der Waals surface area (Å²) in [6.45, 7) is 3.56. The molecule has 2 N–H and O–H groups in total. The molecule has 0 aromatic carbocycles. The van der Waals surface area contributed by atoms with Crippen LogP contribution >= 0.6 is 11.3 Å². The second-order valence-corrected chi connectivity index (χ2v) is 6.66. The van der Waals surface area contributed by atoms with Gasteiger partial charge in [-0.2, -0.15) is 0 Å². The summed E-state index contributed by atoms with van der Waals surface area (Å²) in [5.74, 6) is 0.426. The standard InChI is InChI=1S/C15H21N5OS/c21-15(17-7-5-13-4-2-8-22-13)14-11-20(19-18-14)10-12-3-1-6-16-9-12/h2,4,8,11-12,16H,1,3,5-7,9-10H2,(H,17,21)/t12-/m1/s1. The van der Waals surface area contributed by atoms with Crippen molar-refractivity contribution in [1.82, 2.24) is 25.6 Å². The fourth-order valence-corrected chi connectivity index (χ4v) is 3.39. The molecule has 0 radical (unpaired) electrons. The van der Waals surface area contributed by atoms with Gasteiger partial charge in [-0.25, -0.2) is 0 Å². The Morgan fingerprint density at radius 1 is 1.55 bits per heavy atom. The van der Waals surface area contributed by atoms with Crippen LogP contribution in [0.1, 0.15) is 28.2 Å². The van der Waals surface area contributed by atoms with Crippen LogP contribution in [0.15, 0.2) is 23.7 Å². The molecule has 7 heteroatoms. The molecule has 1 amide bonds. The van der Waals surface area contributed by atoms with Crippen molar-refractivity contribution in [1.29, 1.82) is 0 Å². The zero-order chi connectivity index (χ0) is 15.2. The smallest absolute Gasteiger partial charge is 0.273 e. The maximum atomic E-state index is 12.0. The molecule has 22 heavy (non-hydrogen) atoms. The predicted molar refractivity (Wildman–Crippen MR) is 86.0 cm³/mol. The van der Waals surface area contributed by atoms with Gasteiger partial charge < -0.3 is 10.6 Å². The lowest BCUT2D eigenvalue weighted by Crippen LogP contribution is -2.32. The number of nitrogens with zero attached hydrogens (tertiary/aromatic N) is 3. The van der Waals surface area contributed by atoms with E-state index in [0.717, 1.165) is 26.1 Å². The number of hydrogen-bond acceptors (Lipinski definition) is 5. The van der Waals surface area contributed by atoms with Crippen LogP contribution in [-0.4, -0.2) is 40.5 Å². The van der Waals surface area contributed by atoms with Crippen LogP contribution in [0.25, 0.3) is 0 Å². The largest absolute Gasteiger partial charge is 0.350 e. The van der Waals surface area contributed by atoms with Gasteiger partial charge in [-0.3, -0.25) is 9.48 Å². The van der Waals surface area contributed by atoms with Crippen LogP contribution in [0.5, 0.6) is 0 Å². The van der Waals surface area contributed by atoms with Crippen LogP contribution < -0.4 is 10.6 Å². The summed E-state index contributed by atoms with van der Waals surface area (Å²) in [5, 5.41) is 16.4. The molecule has 0 saturated carbocycles. The zero-order valence-electron chi connectivity index (χ0n) is 12.5. The molecule has 1 fully saturated rings. The fraction of sp³-hybridized carbons (Fsp3) is 0.533. The van der Waals surface area contributed by atoms with E-state index in [-0.39, 0.29) is 5.91 Å². The Morgan fingerprint density at radius 3 is 3.27 bits per heavy atom. The van der Waals surface area contributed by atoms with E-state index in [2.05, 4.69) is 27.0 Å². The number of rotatable bonds is 6. The number of piperidine rings is 1. The molecular weight excluding hydrogens is 298 g/mol. The highest BCUT2D eigenvalue weighted by Crippen LogP contribution is 2.12. The molecule has 118 valence electrons. The van der Waals surface area contributed by atoms with Crippen molar-refractivity contribution in [3.63, 3.8) is 0 Å². The molecule has 1 saturated heterocycles. The number of carbonyl (C=O) groups excluding carboxylic acids is 1. The quantitative estimate of drug-likeness (QED) is 0.842. The van der Waals surface area contributed by atoms with Crippen LogP contribution in [0.3, 0.4) is 0 Å². The molecule has 1 aliphatic heterocycles. The van der Waals surface area contributed by atoms with Gasteiger partial charge >= 0.3 is 0 Å². The first-order chi connectivity index (χ1) is 10.8. The van der Waals surface area contributed by atoms with Crippen LogP contribution in [0, 0.1) is 5.92 Å². The minimum Gasteiger partial charge on any atom is -0.350 e. The number of thiophene rings is 1. The first kappa shape index (κ1) is 15.2. The second-order valence-electron chi connectivity index (χ2n) is 5.62. The van der Waals surface area contributed by atoms with Crippen molar-refractivity contribution in [3.8, 4) is 0 Å². The van der Waals surface area contributed by atoms with E-state index < -0.39 is 0 Å². The number of amides is 1. The summed E-state index contributed by atoms with van der Waals surface area (Å²) >= 11 is 1.70. The molecule has 1 aliphatic rings. The minimum atomic E-state index is -0.149. The van der Waals surface area contributed by atoms with Crippen molar-refractivity contribution >= 4 is 17.2 Å². The van der Waals surface area contributed by atoms with E-state index in [1.54, 1.807) is 22.2 Å². The lowest BCUT2D eigenvalue weighted by Gasteiger charge is -2.22. The predicted octanol–water partition coefficient (Wildman–Crippen LogP) is 1.31. The van der Waals surface area contributed by atoms with Gasteiger partial charge in [0.1, 0.15) is 0 Å². The maximum absolute atomic E-state index is 12.0. The third-order valence-electron chi connectivity index (χ3n) is 3.85. The summed E-state index contributed by atoms with van der Waals surface area (Å²) in [6, 6.07) is 4.10.